The molecule has 2 N–H and O–H groups in total. The predicted octanol–water partition coefficient (Wildman–Crippen LogP) is 2.52. The van der Waals surface area contributed by atoms with Gasteiger partial charge in [0.1, 0.15) is 5.82 Å². The van der Waals surface area contributed by atoms with Crippen molar-refractivity contribution in [2.24, 2.45) is 0 Å². The number of hydrogen-bond acceptors (Lipinski definition) is 7. The third kappa shape index (κ3) is 3.42. The van der Waals surface area contributed by atoms with E-state index >= 15 is 0 Å². The molecule has 1 aromatic carbocycles. The molecule has 5 rings (SSSR count). The van der Waals surface area contributed by atoms with Crippen LogP contribution in [0, 0.1) is 0 Å². The van der Waals surface area contributed by atoms with Crippen molar-refractivity contribution in [1.82, 2.24) is 34.4 Å². The maximum atomic E-state index is 4.79. The number of nitrogens with zero attached hydrogens (tertiary/aromatic N) is 7. The lowest BCUT2D eigenvalue weighted by molar-refractivity contribution is 0.233. The molecular formula is C19H22BrN9. The second kappa shape index (κ2) is 7.27. The SMILES string of the molecule is C[C@@H]1CN(c2nc(NCc3nc4ccccc4[nH]3)n3ncc(Br)c3n2)CCN1C. The van der Waals surface area contributed by atoms with Crippen molar-refractivity contribution in [3.8, 4) is 0 Å². The number of piperazine rings is 1. The van der Waals surface area contributed by atoms with Gasteiger partial charge in [-0.1, -0.05) is 12.1 Å². The number of likely N-dealkylation sites (N-methyl/N-ethyl adjacent to an activating group) is 1. The van der Waals surface area contributed by atoms with Crippen LogP contribution in [0.15, 0.2) is 34.9 Å². The summed E-state index contributed by atoms with van der Waals surface area (Å²) >= 11 is 3.55. The number of benzene rings is 1. The molecule has 3 aromatic heterocycles. The Hall–Kier alpha value is -2.72. The van der Waals surface area contributed by atoms with Gasteiger partial charge >= 0.3 is 0 Å². The Balaban J connectivity index is 1.45. The highest BCUT2D eigenvalue weighted by Gasteiger charge is 2.24. The first-order valence-electron chi connectivity index (χ1n) is 9.62. The van der Waals surface area contributed by atoms with E-state index in [2.05, 4.69) is 60.1 Å². The van der Waals surface area contributed by atoms with Gasteiger partial charge in [0.05, 0.1) is 28.2 Å². The van der Waals surface area contributed by atoms with Crippen LogP contribution in [0.25, 0.3) is 16.7 Å². The summed E-state index contributed by atoms with van der Waals surface area (Å²) in [5, 5.41) is 7.79. The van der Waals surface area contributed by atoms with Gasteiger partial charge in [-0.3, -0.25) is 0 Å². The van der Waals surface area contributed by atoms with Crippen molar-refractivity contribution in [2.75, 3.05) is 36.9 Å². The van der Waals surface area contributed by atoms with Crippen LogP contribution in [0.3, 0.4) is 0 Å². The molecule has 4 heterocycles. The average Bonchev–Trinajstić information content (AvgIpc) is 3.31. The van der Waals surface area contributed by atoms with Crippen LogP contribution in [0.5, 0.6) is 0 Å². The van der Waals surface area contributed by atoms with Gasteiger partial charge in [-0.15, -0.1) is 0 Å². The van der Waals surface area contributed by atoms with Crippen LogP contribution >= 0.6 is 15.9 Å². The van der Waals surface area contributed by atoms with E-state index in [1.807, 2.05) is 24.3 Å². The van der Waals surface area contributed by atoms with Gasteiger partial charge in [-0.2, -0.15) is 19.6 Å². The molecule has 0 aliphatic carbocycles. The number of fused-ring (bicyclic) bond motifs is 2. The highest BCUT2D eigenvalue weighted by molar-refractivity contribution is 9.10. The van der Waals surface area contributed by atoms with Crippen LogP contribution in [0.2, 0.25) is 0 Å². The van der Waals surface area contributed by atoms with E-state index in [9.17, 15) is 0 Å². The van der Waals surface area contributed by atoms with Crippen LogP contribution in [-0.4, -0.2) is 67.2 Å². The molecule has 150 valence electrons. The van der Waals surface area contributed by atoms with Gasteiger partial charge < -0.3 is 20.1 Å². The number of nitrogens with one attached hydrogen (secondary N) is 2. The summed E-state index contributed by atoms with van der Waals surface area (Å²) in [5.41, 5.74) is 2.71. The zero-order chi connectivity index (χ0) is 20.0. The van der Waals surface area contributed by atoms with Crippen molar-refractivity contribution >= 4 is 44.5 Å². The zero-order valence-corrected chi connectivity index (χ0v) is 17.9. The fourth-order valence-corrected chi connectivity index (χ4v) is 3.93. The van der Waals surface area contributed by atoms with Crippen LogP contribution in [-0.2, 0) is 6.54 Å². The number of hydrogen-bond donors (Lipinski definition) is 2. The first-order chi connectivity index (χ1) is 14.1. The van der Waals surface area contributed by atoms with Crippen molar-refractivity contribution < 1.29 is 0 Å². The van der Waals surface area contributed by atoms with Crippen LogP contribution < -0.4 is 10.2 Å². The highest BCUT2D eigenvalue weighted by atomic mass is 79.9. The summed E-state index contributed by atoms with van der Waals surface area (Å²) in [6.45, 7) is 5.50. The number of anilines is 2. The summed E-state index contributed by atoms with van der Waals surface area (Å²) in [5.74, 6) is 2.20. The molecule has 29 heavy (non-hydrogen) atoms. The lowest BCUT2D eigenvalue weighted by Gasteiger charge is -2.37. The van der Waals surface area contributed by atoms with E-state index in [0.717, 1.165) is 46.6 Å². The Morgan fingerprint density at radius 3 is 2.90 bits per heavy atom. The van der Waals surface area contributed by atoms with Gasteiger partial charge in [0.25, 0.3) is 0 Å². The zero-order valence-electron chi connectivity index (χ0n) is 16.3. The van der Waals surface area contributed by atoms with Crippen molar-refractivity contribution in [2.45, 2.75) is 19.5 Å². The number of rotatable bonds is 4. The summed E-state index contributed by atoms with van der Waals surface area (Å²) in [6.07, 6.45) is 1.74. The molecule has 1 saturated heterocycles. The maximum Gasteiger partial charge on any atom is 0.230 e. The standard InChI is InChI=1S/C19H22BrN9/c1-12-11-28(8-7-27(12)2)19-25-17-13(20)9-22-29(17)18(26-19)21-10-16-23-14-5-3-4-6-15(14)24-16/h3-6,9,12H,7-8,10-11H2,1-2H3,(H,23,24)(H,21,25,26)/t12-/m1/s1. The fourth-order valence-electron chi connectivity index (χ4n) is 3.58. The van der Waals surface area contributed by atoms with Crippen molar-refractivity contribution in [3.05, 3.63) is 40.8 Å². The summed E-state index contributed by atoms with van der Waals surface area (Å²) in [7, 11) is 2.15. The quantitative estimate of drug-likeness (QED) is 0.488. The lowest BCUT2D eigenvalue weighted by atomic mass is 10.2. The van der Waals surface area contributed by atoms with Crippen molar-refractivity contribution in [3.63, 3.8) is 0 Å². The third-order valence-electron chi connectivity index (χ3n) is 5.41. The van der Waals surface area contributed by atoms with Crippen LogP contribution in [0.1, 0.15) is 12.7 Å². The largest absolute Gasteiger partial charge is 0.347 e. The van der Waals surface area contributed by atoms with E-state index in [1.54, 1.807) is 10.7 Å². The summed E-state index contributed by atoms with van der Waals surface area (Å²) in [6, 6.07) is 8.44. The average molecular weight is 456 g/mol. The Kier molecular flexibility index (Phi) is 4.59. The monoisotopic (exact) mass is 455 g/mol. The Labute approximate surface area is 176 Å². The molecule has 1 aliphatic rings. The molecule has 0 spiro atoms. The smallest absolute Gasteiger partial charge is 0.230 e. The second-order valence-electron chi connectivity index (χ2n) is 7.40. The van der Waals surface area contributed by atoms with Gasteiger partial charge in [0, 0.05) is 25.7 Å². The van der Waals surface area contributed by atoms with Gasteiger partial charge in [0.2, 0.25) is 11.9 Å². The Morgan fingerprint density at radius 2 is 2.07 bits per heavy atom. The first kappa shape index (κ1) is 18.3. The molecule has 1 fully saturated rings. The molecule has 0 unspecified atom stereocenters. The molecule has 0 saturated carbocycles. The van der Waals surface area contributed by atoms with E-state index in [1.165, 1.54) is 0 Å². The number of aromatic amines is 1. The minimum Gasteiger partial charge on any atom is -0.347 e. The molecule has 1 atom stereocenters. The van der Waals surface area contributed by atoms with E-state index < -0.39 is 0 Å². The molecule has 10 heteroatoms. The number of para-hydroxylation sites is 2. The number of imidazole rings is 1. The molecule has 0 amide bonds. The molecular weight excluding hydrogens is 434 g/mol. The first-order valence-corrected chi connectivity index (χ1v) is 10.4. The van der Waals surface area contributed by atoms with Crippen molar-refractivity contribution in [1.29, 1.82) is 0 Å². The van der Waals surface area contributed by atoms with Gasteiger partial charge in [-0.25, -0.2) is 4.98 Å². The van der Waals surface area contributed by atoms with Crippen LogP contribution in [0.4, 0.5) is 11.9 Å². The predicted molar refractivity (Wildman–Crippen MR) is 116 cm³/mol. The molecule has 1 aliphatic heterocycles. The molecule has 0 bridgehead atoms. The maximum absolute atomic E-state index is 4.79. The van der Waals surface area contributed by atoms with E-state index in [4.69, 9.17) is 9.97 Å². The topological polar surface area (TPSA) is 90.3 Å². The fraction of sp³-hybridized carbons (Fsp3) is 0.368. The number of aromatic nitrogens is 6. The third-order valence-corrected chi connectivity index (χ3v) is 5.97. The normalized spacial score (nSPS) is 18.0. The van der Waals surface area contributed by atoms with Gasteiger partial charge in [-0.05, 0) is 42.0 Å². The molecule has 0 radical (unpaired) electrons. The summed E-state index contributed by atoms with van der Waals surface area (Å²) < 4.78 is 2.56. The number of halogens is 1. The molecule has 4 aromatic rings. The highest BCUT2D eigenvalue weighted by Crippen LogP contribution is 2.23. The van der Waals surface area contributed by atoms with E-state index in [0.29, 0.717) is 24.5 Å². The number of H-pyrrole nitrogens is 1. The summed E-state index contributed by atoms with van der Waals surface area (Å²) in [4.78, 5) is 22.1. The van der Waals surface area contributed by atoms with E-state index in [-0.39, 0.29) is 0 Å². The Bertz CT molecular complexity index is 1130. The molecule has 9 nitrogen and oxygen atoms in total. The van der Waals surface area contributed by atoms with Gasteiger partial charge in [0.15, 0.2) is 5.65 Å². The lowest BCUT2D eigenvalue weighted by Crippen LogP contribution is -2.50. The second-order valence-corrected chi connectivity index (χ2v) is 8.26. The minimum atomic E-state index is 0.448. The Morgan fingerprint density at radius 1 is 1.21 bits per heavy atom. The minimum absolute atomic E-state index is 0.448.